The van der Waals surface area contributed by atoms with Crippen molar-refractivity contribution in [2.24, 2.45) is 11.5 Å². The van der Waals surface area contributed by atoms with Gasteiger partial charge in [-0.05, 0) is 44.2 Å². The van der Waals surface area contributed by atoms with Crippen LogP contribution in [0.4, 0.5) is 0 Å². The molecule has 3 atom stereocenters. The van der Waals surface area contributed by atoms with E-state index in [0.29, 0.717) is 25.1 Å². The lowest BCUT2D eigenvalue weighted by molar-refractivity contribution is -0.138. The number of nitrogens with one attached hydrogen (secondary N) is 3. The van der Waals surface area contributed by atoms with E-state index >= 15 is 0 Å². The van der Waals surface area contributed by atoms with Crippen LogP contribution >= 0.6 is 11.8 Å². The number of unbranched alkanes of at least 4 members (excludes halogenated alkanes) is 1. The molecule has 9 N–H and O–H groups in total. The Kier molecular flexibility index (Phi) is 14.1. The second-order valence-electron chi connectivity index (χ2n) is 6.09. The number of hydrogen-bond acceptors (Lipinski definition) is 8. The third-order valence-electron chi connectivity index (χ3n) is 3.77. The van der Waals surface area contributed by atoms with E-state index < -0.39 is 55.0 Å². The molecule has 0 saturated carbocycles. The van der Waals surface area contributed by atoms with Crippen LogP contribution < -0.4 is 27.4 Å². The van der Waals surface area contributed by atoms with Crippen molar-refractivity contribution < 1.29 is 29.4 Å². The molecule has 28 heavy (non-hydrogen) atoms. The number of nitrogens with two attached hydrogens (primary N) is 2. The fraction of sp³-hybridized carbons (Fsp3) is 0.750. The van der Waals surface area contributed by atoms with Crippen LogP contribution in [0.2, 0.25) is 0 Å². The third kappa shape index (κ3) is 11.1. The Morgan fingerprint density at radius 2 is 1.61 bits per heavy atom. The first-order chi connectivity index (χ1) is 13.3. The number of carbonyl (C=O) groups is 4. The van der Waals surface area contributed by atoms with Crippen LogP contribution in [0.3, 0.4) is 0 Å². The van der Waals surface area contributed by atoms with Gasteiger partial charge in [-0.25, -0.2) is 0 Å². The summed E-state index contributed by atoms with van der Waals surface area (Å²) in [5, 5.41) is 24.9. The zero-order chi connectivity index (χ0) is 21.5. The van der Waals surface area contributed by atoms with Gasteiger partial charge in [-0.1, -0.05) is 0 Å². The number of hydrogen-bond donors (Lipinski definition) is 7. The normalized spacial score (nSPS) is 13.9. The van der Waals surface area contributed by atoms with Crippen LogP contribution in [0.1, 0.15) is 25.7 Å². The largest absolute Gasteiger partial charge is 0.480 e. The molecule has 0 bridgehead atoms. The molecule has 0 rings (SSSR count). The van der Waals surface area contributed by atoms with E-state index in [1.165, 1.54) is 11.8 Å². The van der Waals surface area contributed by atoms with E-state index in [-0.39, 0.29) is 12.8 Å². The molecule has 162 valence electrons. The van der Waals surface area contributed by atoms with E-state index in [2.05, 4.69) is 16.0 Å². The molecule has 11 nitrogen and oxygen atoms in total. The molecule has 0 aromatic rings. The topological polar surface area (TPSA) is 197 Å². The van der Waals surface area contributed by atoms with Crippen molar-refractivity contribution in [3.05, 3.63) is 0 Å². The molecule has 0 saturated heterocycles. The summed E-state index contributed by atoms with van der Waals surface area (Å²) in [5.74, 6) is -2.54. The number of rotatable bonds is 15. The van der Waals surface area contributed by atoms with Crippen LogP contribution in [0, 0.1) is 0 Å². The first-order valence-electron chi connectivity index (χ1n) is 8.92. The highest BCUT2D eigenvalue weighted by atomic mass is 32.2. The van der Waals surface area contributed by atoms with Crippen molar-refractivity contribution in [2.75, 3.05) is 31.7 Å². The van der Waals surface area contributed by atoms with Gasteiger partial charge in [0.25, 0.3) is 0 Å². The predicted molar refractivity (Wildman–Crippen MR) is 105 cm³/mol. The van der Waals surface area contributed by atoms with Gasteiger partial charge in [0.2, 0.25) is 17.7 Å². The quantitative estimate of drug-likeness (QED) is 0.138. The number of carboxylic acids is 1. The minimum absolute atomic E-state index is 0.277. The molecule has 0 heterocycles. The van der Waals surface area contributed by atoms with Gasteiger partial charge in [0.1, 0.15) is 24.7 Å². The number of carbonyl (C=O) groups excluding carboxylic acids is 3. The van der Waals surface area contributed by atoms with E-state index in [1.54, 1.807) is 0 Å². The summed E-state index contributed by atoms with van der Waals surface area (Å²) in [4.78, 5) is 47.4. The summed E-state index contributed by atoms with van der Waals surface area (Å²) in [7, 11) is 0. The predicted octanol–water partition coefficient (Wildman–Crippen LogP) is -2.64. The summed E-state index contributed by atoms with van der Waals surface area (Å²) in [5.41, 5.74) is 10.9. The SMILES string of the molecule is CSCCC(NC(=O)C(CCCCN)NC(=O)C(N)CO)C(=O)NCC(=O)O. The Morgan fingerprint density at radius 1 is 1.00 bits per heavy atom. The molecule has 0 aliphatic rings. The number of aliphatic carboxylic acids is 1. The number of aliphatic hydroxyl groups excluding tert-OH is 1. The summed E-state index contributed by atoms with van der Waals surface area (Å²) in [6.45, 7) is -0.713. The lowest BCUT2D eigenvalue weighted by Gasteiger charge is -2.23. The molecule has 0 aromatic carbocycles. The molecule has 0 aromatic heterocycles. The lowest BCUT2D eigenvalue weighted by Crippen LogP contribution is -2.56. The van der Waals surface area contributed by atoms with Crippen LogP contribution in [0.15, 0.2) is 0 Å². The number of amides is 3. The van der Waals surface area contributed by atoms with Crippen molar-refractivity contribution in [2.45, 2.75) is 43.8 Å². The van der Waals surface area contributed by atoms with Crippen molar-refractivity contribution in [1.82, 2.24) is 16.0 Å². The number of aliphatic hydroxyl groups is 1. The van der Waals surface area contributed by atoms with Gasteiger partial charge >= 0.3 is 5.97 Å². The molecule has 3 unspecified atom stereocenters. The van der Waals surface area contributed by atoms with E-state index in [0.717, 1.165) is 0 Å². The molecule has 12 heteroatoms. The summed E-state index contributed by atoms with van der Waals surface area (Å²) in [6, 6.07) is -3.07. The zero-order valence-electron chi connectivity index (χ0n) is 16.0. The highest BCUT2D eigenvalue weighted by molar-refractivity contribution is 7.98. The van der Waals surface area contributed by atoms with E-state index in [9.17, 15) is 19.2 Å². The van der Waals surface area contributed by atoms with Gasteiger partial charge in [0.05, 0.1) is 6.61 Å². The van der Waals surface area contributed by atoms with Crippen LogP contribution in [-0.2, 0) is 19.2 Å². The number of thioether (sulfide) groups is 1. The fourth-order valence-electron chi connectivity index (χ4n) is 2.19. The van der Waals surface area contributed by atoms with Gasteiger partial charge in [-0.15, -0.1) is 0 Å². The van der Waals surface area contributed by atoms with Crippen LogP contribution in [-0.4, -0.2) is 83.7 Å². The van der Waals surface area contributed by atoms with Gasteiger partial charge in [-0.2, -0.15) is 11.8 Å². The van der Waals surface area contributed by atoms with E-state index in [1.807, 2.05) is 6.26 Å². The second kappa shape index (κ2) is 15.1. The first kappa shape index (κ1) is 26.1. The highest BCUT2D eigenvalue weighted by Crippen LogP contribution is 2.05. The van der Waals surface area contributed by atoms with Crippen LogP contribution in [0.25, 0.3) is 0 Å². The molecule has 0 spiro atoms. The number of carboxylic acid groups (broad SMARTS) is 1. The van der Waals surface area contributed by atoms with Crippen molar-refractivity contribution in [3.8, 4) is 0 Å². The molecular formula is C16H31N5O6S. The minimum Gasteiger partial charge on any atom is -0.480 e. The molecule has 3 amide bonds. The molecule has 0 aliphatic carbocycles. The van der Waals surface area contributed by atoms with Gasteiger partial charge in [-0.3, -0.25) is 19.2 Å². The molecule has 0 radical (unpaired) electrons. The maximum absolute atomic E-state index is 12.6. The van der Waals surface area contributed by atoms with Gasteiger partial charge in [0, 0.05) is 0 Å². The molecular weight excluding hydrogens is 390 g/mol. The molecule has 0 aliphatic heterocycles. The molecule has 0 fully saturated rings. The average molecular weight is 422 g/mol. The Hall–Kier alpha value is -1.89. The maximum Gasteiger partial charge on any atom is 0.322 e. The summed E-state index contributed by atoms with van der Waals surface area (Å²) < 4.78 is 0. The highest BCUT2D eigenvalue weighted by Gasteiger charge is 2.27. The third-order valence-corrected chi connectivity index (χ3v) is 4.41. The Bertz CT molecular complexity index is 522. The average Bonchev–Trinajstić information content (AvgIpc) is 2.67. The smallest absolute Gasteiger partial charge is 0.322 e. The van der Waals surface area contributed by atoms with E-state index in [4.69, 9.17) is 21.7 Å². The monoisotopic (exact) mass is 421 g/mol. The lowest BCUT2D eigenvalue weighted by atomic mass is 10.1. The zero-order valence-corrected chi connectivity index (χ0v) is 16.8. The van der Waals surface area contributed by atoms with Gasteiger partial charge < -0.3 is 37.6 Å². The first-order valence-corrected chi connectivity index (χ1v) is 10.3. The van der Waals surface area contributed by atoms with Crippen LogP contribution in [0.5, 0.6) is 0 Å². The Morgan fingerprint density at radius 3 is 2.14 bits per heavy atom. The minimum atomic E-state index is -1.20. The van der Waals surface area contributed by atoms with Crippen molar-refractivity contribution in [3.63, 3.8) is 0 Å². The maximum atomic E-state index is 12.6. The van der Waals surface area contributed by atoms with Gasteiger partial charge in [0.15, 0.2) is 0 Å². The fourth-order valence-corrected chi connectivity index (χ4v) is 2.66. The second-order valence-corrected chi connectivity index (χ2v) is 7.07. The standard InChI is InChI=1S/C16H31N5O6S/c1-28-7-5-12(15(26)19-8-13(23)24)21-16(27)11(4-2-3-6-17)20-14(25)10(18)9-22/h10-12,22H,2-9,17-18H2,1H3,(H,19,26)(H,20,25)(H,21,27)(H,23,24). The van der Waals surface area contributed by atoms with Crippen molar-refractivity contribution >= 4 is 35.5 Å². The summed E-state index contributed by atoms with van der Waals surface area (Å²) in [6.07, 6.45) is 3.60. The summed E-state index contributed by atoms with van der Waals surface area (Å²) >= 11 is 1.47. The Balaban J connectivity index is 5.10. The van der Waals surface area contributed by atoms with Crippen molar-refractivity contribution in [1.29, 1.82) is 0 Å². The Labute approximate surface area is 168 Å².